The first-order valence-corrected chi connectivity index (χ1v) is 12.4. The number of halogens is 3. The number of hydrogen-bond donors (Lipinski definition) is 0. The van der Waals surface area contributed by atoms with E-state index in [2.05, 4.69) is 5.10 Å². The number of hydrogen-bond acceptors (Lipinski definition) is 3. The predicted octanol–water partition coefficient (Wildman–Crippen LogP) is 8.72. The van der Waals surface area contributed by atoms with Crippen LogP contribution in [-0.4, -0.2) is 16.9 Å². The van der Waals surface area contributed by atoms with Gasteiger partial charge in [-0.05, 0) is 70.9 Å². The van der Waals surface area contributed by atoms with Gasteiger partial charge in [-0.3, -0.25) is 4.68 Å². The molecule has 39 heavy (non-hydrogen) atoms. The van der Waals surface area contributed by atoms with E-state index >= 15 is 0 Å². The van der Waals surface area contributed by atoms with Crippen LogP contribution in [0.3, 0.4) is 0 Å². The fourth-order valence-corrected chi connectivity index (χ4v) is 4.77. The maximum Gasteiger partial charge on any atom is 0.418 e. The van der Waals surface area contributed by atoms with E-state index in [0.717, 1.165) is 33.7 Å². The van der Waals surface area contributed by atoms with Crippen LogP contribution in [0, 0.1) is 0 Å². The highest BCUT2D eigenvalue weighted by Gasteiger charge is 2.34. The average Bonchev–Trinajstić information content (AvgIpc) is 3.30. The van der Waals surface area contributed by atoms with Gasteiger partial charge in [-0.2, -0.15) is 18.3 Å². The number of ether oxygens (including phenoxy) is 2. The van der Waals surface area contributed by atoms with Gasteiger partial charge in [0, 0.05) is 10.9 Å². The lowest BCUT2D eigenvalue weighted by molar-refractivity contribution is -0.136. The maximum absolute atomic E-state index is 13.8. The Balaban J connectivity index is 1.37. The largest absolute Gasteiger partial charge is 0.497 e. The van der Waals surface area contributed by atoms with Crippen LogP contribution in [0.1, 0.15) is 11.1 Å². The summed E-state index contributed by atoms with van der Waals surface area (Å²) in [6.07, 6.45) is -4.51. The molecule has 0 bridgehead atoms. The first-order valence-electron chi connectivity index (χ1n) is 12.4. The van der Waals surface area contributed by atoms with Gasteiger partial charge < -0.3 is 9.47 Å². The van der Waals surface area contributed by atoms with Gasteiger partial charge in [0.05, 0.1) is 24.9 Å². The molecule has 0 aliphatic rings. The summed E-state index contributed by atoms with van der Waals surface area (Å²) in [4.78, 5) is 0. The van der Waals surface area contributed by atoms with Crippen molar-refractivity contribution in [1.29, 1.82) is 0 Å². The first-order chi connectivity index (χ1) is 18.9. The maximum atomic E-state index is 13.8. The number of rotatable bonds is 6. The molecule has 6 rings (SSSR count). The molecule has 4 nitrogen and oxygen atoms in total. The highest BCUT2D eigenvalue weighted by atomic mass is 19.4. The van der Waals surface area contributed by atoms with Crippen LogP contribution in [0.15, 0.2) is 109 Å². The van der Waals surface area contributed by atoms with Gasteiger partial charge in [0.25, 0.3) is 0 Å². The van der Waals surface area contributed by atoms with E-state index in [4.69, 9.17) is 9.47 Å². The third-order valence-corrected chi connectivity index (χ3v) is 6.63. The van der Waals surface area contributed by atoms with E-state index in [1.165, 1.54) is 6.07 Å². The highest BCUT2D eigenvalue weighted by molar-refractivity contribution is 5.95. The van der Waals surface area contributed by atoms with Crippen molar-refractivity contribution in [3.8, 4) is 28.5 Å². The Hall–Kier alpha value is -4.78. The summed E-state index contributed by atoms with van der Waals surface area (Å²) in [6, 6.07) is 32.7. The summed E-state index contributed by atoms with van der Waals surface area (Å²) >= 11 is 0. The van der Waals surface area contributed by atoms with E-state index in [9.17, 15) is 13.2 Å². The molecule has 0 spiro atoms. The molecule has 6 aromatic rings. The standard InChI is InChI=1S/C32H23F3N2O2/c1-38-26-16-10-22-11-17-27(19-24(22)18-26)39-25-14-12-23(13-15-25)31-28-8-5-9-29(32(33,34)35)30(28)36-37(31)20-21-6-3-2-4-7-21/h2-19H,20H2,1H3. The van der Waals surface area contributed by atoms with Gasteiger partial charge in [-0.1, -0.05) is 54.6 Å². The molecule has 0 fully saturated rings. The molecule has 0 aliphatic carbocycles. The Morgan fingerprint density at radius 1 is 0.718 bits per heavy atom. The van der Waals surface area contributed by atoms with E-state index < -0.39 is 11.7 Å². The van der Waals surface area contributed by atoms with E-state index in [1.54, 1.807) is 17.9 Å². The zero-order valence-electron chi connectivity index (χ0n) is 20.9. The van der Waals surface area contributed by atoms with Crippen molar-refractivity contribution < 1.29 is 22.6 Å². The zero-order chi connectivity index (χ0) is 27.0. The van der Waals surface area contributed by atoms with Crippen LogP contribution in [0.4, 0.5) is 13.2 Å². The fraction of sp³-hybridized carbons (Fsp3) is 0.0938. The number of aromatic nitrogens is 2. The number of methoxy groups -OCH3 is 1. The second-order valence-electron chi connectivity index (χ2n) is 9.19. The van der Waals surface area contributed by atoms with Crippen molar-refractivity contribution in [2.75, 3.05) is 7.11 Å². The second kappa shape index (κ2) is 9.83. The molecule has 0 saturated carbocycles. The van der Waals surface area contributed by atoms with Crippen LogP contribution in [-0.2, 0) is 12.7 Å². The lowest BCUT2D eigenvalue weighted by Crippen LogP contribution is -2.06. The van der Waals surface area contributed by atoms with Crippen LogP contribution >= 0.6 is 0 Å². The van der Waals surface area contributed by atoms with Crippen molar-refractivity contribution in [3.63, 3.8) is 0 Å². The van der Waals surface area contributed by atoms with Crippen LogP contribution in [0.25, 0.3) is 32.9 Å². The predicted molar refractivity (Wildman–Crippen MR) is 146 cm³/mol. The number of benzene rings is 5. The van der Waals surface area contributed by atoms with Crippen molar-refractivity contribution in [3.05, 3.63) is 120 Å². The average molecular weight is 525 g/mol. The second-order valence-corrected chi connectivity index (χ2v) is 9.19. The van der Waals surface area contributed by atoms with Gasteiger partial charge in [-0.15, -0.1) is 0 Å². The summed E-state index contributed by atoms with van der Waals surface area (Å²) in [7, 11) is 1.63. The Labute approximate surface area is 222 Å². The fourth-order valence-electron chi connectivity index (χ4n) is 4.77. The minimum absolute atomic E-state index is 0.0668. The zero-order valence-corrected chi connectivity index (χ0v) is 20.9. The summed E-state index contributed by atoms with van der Waals surface area (Å²) < 4.78 is 54.5. The number of fused-ring (bicyclic) bond motifs is 2. The molecule has 0 saturated heterocycles. The molecular formula is C32H23F3N2O2. The normalized spacial score (nSPS) is 11.7. The van der Waals surface area contributed by atoms with E-state index in [-0.39, 0.29) is 5.52 Å². The molecule has 1 aromatic heterocycles. The first kappa shape index (κ1) is 24.6. The molecule has 1 heterocycles. The van der Waals surface area contributed by atoms with Crippen molar-refractivity contribution in [1.82, 2.24) is 9.78 Å². The number of alkyl halides is 3. The molecule has 194 valence electrons. The highest BCUT2D eigenvalue weighted by Crippen LogP contribution is 2.39. The molecule has 0 unspecified atom stereocenters. The van der Waals surface area contributed by atoms with Gasteiger partial charge in [0.2, 0.25) is 0 Å². The molecule has 0 aliphatic heterocycles. The molecule has 5 aromatic carbocycles. The molecule has 0 N–H and O–H groups in total. The Morgan fingerprint density at radius 3 is 2.13 bits per heavy atom. The lowest BCUT2D eigenvalue weighted by Gasteiger charge is -2.11. The summed E-state index contributed by atoms with van der Waals surface area (Å²) in [5.41, 5.74) is 1.48. The molecule has 0 radical (unpaired) electrons. The van der Waals surface area contributed by atoms with Crippen molar-refractivity contribution in [2.45, 2.75) is 12.7 Å². The van der Waals surface area contributed by atoms with E-state index in [1.807, 2.05) is 91.0 Å². The quantitative estimate of drug-likeness (QED) is 0.219. The molecule has 0 amide bonds. The lowest BCUT2D eigenvalue weighted by atomic mass is 10.0. The SMILES string of the molecule is COc1ccc2ccc(Oc3ccc(-c4c5cccc(C(F)(F)F)c5nn4Cc4ccccc4)cc3)cc2c1. The smallest absolute Gasteiger partial charge is 0.418 e. The summed E-state index contributed by atoms with van der Waals surface area (Å²) in [5.74, 6) is 2.03. The minimum atomic E-state index is -4.51. The molecule has 7 heteroatoms. The summed E-state index contributed by atoms with van der Waals surface area (Å²) in [5, 5.41) is 6.93. The topological polar surface area (TPSA) is 36.3 Å². The van der Waals surface area contributed by atoms with Gasteiger partial charge >= 0.3 is 6.18 Å². The molecular weight excluding hydrogens is 501 g/mol. The van der Waals surface area contributed by atoms with Crippen molar-refractivity contribution in [2.24, 2.45) is 0 Å². The van der Waals surface area contributed by atoms with Gasteiger partial charge in [-0.25, -0.2) is 0 Å². The Kier molecular flexibility index (Phi) is 6.19. The van der Waals surface area contributed by atoms with Crippen LogP contribution < -0.4 is 9.47 Å². The third-order valence-electron chi connectivity index (χ3n) is 6.63. The summed E-state index contributed by atoms with van der Waals surface area (Å²) in [6.45, 7) is 0.334. The minimum Gasteiger partial charge on any atom is -0.497 e. The van der Waals surface area contributed by atoms with Crippen molar-refractivity contribution >= 4 is 21.7 Å². The van der Waals surface area contributed by atoms with Crippen LogP contribution in [0.2, 0.25) is 0 Å². The van der Waals surface area contributed by atoms with Gasteiger partial charge in [0.15, 0.2) is 0 Å². The third kappa shape index (κ3) is 4.91. The number of nitrogens with zero attached hydrogens (tertiary/aromatic N) is 2. The van der Waals surface area contributed by atoms with Crippen LogP contribution in [0.5, 0.6) is 17.2 Å². The van der Waals surface area contributed by atoms with Gasteiger partial charge in [0.1, 0.15) is 22.8 Å². The Bertz CT molecular complexity index is 1780. The Morgan fingerprint density at radius 2 is 1.41 bits per heavy atom. The van der Waals surface area contributed by atoms with E-state index in [0.29, 0.717) is 29.1 Å². The monoisotopic (exact) mass is 524 g/mol. The molecule has 0 atom stereocenters.